The van der Waals surface area contributed by atoms with Crippen molar-refractivity contribution < 1.29 is 15.0 Å². The van der Waals surface area contributed by atoms with Gasteiger partial charge in [0, 0.05) is 0 Å². The third-order valence-corrected chi connectivity index (χ3v) is 1.34. The molecule has 13 heavy (non-hydrogen) atoms. The largest absolute Gasteiger partial charge is 0.479 e. The molecule has 0 saturated heterocycles. The van der Waals surface area contributed by atoms with Crippen LogP contribution in [-0.2, 0) is 4.79 Å². The number of carboxylic acid groups (broad SMARTS) is 1. The second kappa shape index (κ2) is 7.31. The Morgan fingerprint density at radius 3 is 1.54 bits per heavy atom. The molecule has 1 aromatic rings. The van der Waals surface area contributed by atoms with E-state index in [-0.39, 0.29) is 6.42 Å². The predicted octanol–water partition coefficient (Wildman–Crippen LogP) is 1.53. The van der Waals surface area contributed by atoms with Gasteiger partial charge in [-0.1, -0.05) is 43.3 Å². The van der Waals surface area contributed by atoms with Crippen LogP contribution in [-0.4, -0.2) is 22.3 Å². The maximum atomic E-state index is 9.68. The second-order valence-electron chi connectivity index (χ2n) is 2.42. The first kappa shape index (κ1) is 11.6. The van der Waals surface area contributed by atoms with Crippen molar-refractivity contribution in [2.75, 3.05) is 0 Å². The number of carbonyl (C=O) groups is 1. The molecule has 72 valence electrons. The van der Waals surface area contributed by atoms with Crippen LogP contribution < -0.4 is 0 Å². The predicted molar refractivity (Wildman–Crippen MR) is 50.4 cm³/mol. The topological polar surface area (TPSA) is 57.5 Å². The van der Waals surface area contributed by atoms with Crippen LogP contribution in [0.5, 0.6) is 0 Å². The van der Waals surface area contributed by atoms with Gasteiger partial charge in [-0.3, -0.25) is 0 Å². The highest BCUT2D eigenvalue weighted by Crippen LogP contribution is 1.86. The SMILES string of the molecule is CCC(O)C(=O)O.c1ccccc1. The molecule has 0 amide bonds. The van der Waals surface area contributed by atoms with E-state index in [2.05, 4.69) is 0 Å². The number of aliphatic carboxylic acids is 1. The van der Waals surface area contributed by atoms with Crippen molar-refractivity contribution in [1.82, 2.24) is 0 Å². The van der Waals surface area contributed by atoms with Crippen molar-refractivity contribution >= 4 is 5.97 Å². The fraction of sp³-hybridized carbons (Fsp3) is 0.300. The minimum Gasteiger partial charge on any atom is -0.479 e. The van der Waals surface area contributed by atoms with Crippen molar-refractivity contribution in [2.24, 2.45) is 0 Å². The second-order valence-corrected chi connectivity index (χ2v) is 2.42. The molecular weight excluding hydrogens is 168 g/mol. The molecule has 3 nitrogen and oxygen atoms in total. The van der Waals surface area contributed by atoms with E-state index in [1.54, 1.807) is 6.92 Å². The fourth-order valence-corrected chi connectivity index (χ4v) is 0.560. The zero-order valence-corrected chi connectivity index (χ0v) is 7.55. The smallest absolute Gasteiger partial charge is 0.332 e. The van der Waals surface area contributed by atoms with E-state index >= 15 is 0 Å². The van der Waals surface area contributed by atoms with Gasteiger partial charge in [0.05, 0.1) is 0 Å². The molecule has 0 radical (unpaired) electrons. The first-order valence-corrected chi connectivity index (χ1v) is 4.09. The molecule has 0 heterocycles. The molecule has 0 bridgehead atoms. The maximum absolute atomic E-state index is 9.68. The lowest BCUT2D eigenvalue weighted by atomic mass is 10.3. The lowest BCUT2D eigenvalue weighted by Gasteiger charge is -1.95. The van der Waals surface area contributed by atoms with Crippen LogP contribution in [0.3, 0.4) is 0 Å². The van der Waals surface area contributed by atoms with Gasteiger partial charge in [-0.05, 0) is 6.42 Å². The fourth-order valence-electron chi connectivity index (χ4n) is 0.560. The van der Waals surface area contributed by atoms with Crippen LogP contribution in [0, 0.1) is 0 Å². The van der Waals surface area contributed by atoms with E-state index in [1.807, 2.05) is 36.4 Å². The highest BCUT2D eigenvalue weighted by molar-refractivity contribution is 5.71. The molecule has 1 rings (SSSR count). The molecule has 0 aliphatic rings. The number of aliphatic hydroxyl groups excluding tert-OH is 1. The Hall–Kier alpha value is -1.35. The summed E-state index contributed by atoms with van der Waals surface area (Å²) in [5.41, 5.74) is 0. The molecule has 0 aliphatic carbocycles. The summed E-state index contributed by atoms with van der Waals surface area (Å²) in [4.78, 5) is 9.68. The van der Waals surface area contributed by atoms with Crippen molar-refractivity contribution in [3.05, 3.63) is 36.4 Å². The van der Waals surface area contributed by atoms with Gasteiger partial charge >= 0.3 is 5.97 Å². The Morgan fingerprint density at radius 2 is 1.46 bits per heavy atom. The first-order valence-electron chi connectivity index (χ1n) is 4.09. The average Bonchev–Trinajstić information content (AvgIpc) is 2.20. The monoisotopic (exact) mass is 182 g/mol. The number of hydrogen-bond donors (Lipinski definition) is 2. The Balaban J connectivity index is 0.000000223. The van der Waals surface area contributed by atoms with Crippen LogP contribution in [0.1, 0.15) is 13.3 Å². The van der Waals surface area contributed by atoms with Crippen molar-refractivity contribution in [3.8, 4) is 0 Å². The number of aliphatic hydroxyl groups is 1. The molecule has 0 aromatic heterocycles. The summed E-state index contributed by atoms with van der Waals surface area (Å²) < 4.78 is 0. The third-order valence-electron chi connectivity index (χ3n) is 1.34. The highest BCUT2D eigenvalue weighted by Gasteiger charge is 2.07. The van der Waals surface area contributed by atoms with Gasteiger partial charge in [0.2, 0.25) is 0 Å². The number of rotatable bonds is 2. The van der Waals surface area contributed by atoms with E-state index < -0.39 is 12.1 Å². The van der Waals surface area contributed by atoms with E-state index in [1.165, 1.54) is 0 Å². The van der Waals surface area contributed by atoms with Crippen LogP contribution in [0.25, 0.3) is 0 Å². The summed E-state index contributed by atoms with van der Waals surface area (Å²) in [5, 5.41) is 16.3. The summed E-state index contributed by atoms with van der Waals surface area (Å²) in [6, 6.07) is 12.0. The summed E-state index contributed by atoms with van der Waals surface area (Å²) in [6.07, 6.45) is -0.907. The maximum Gasteiger partial charge on any atom is 0.332 e. The van der Waals surface area contributed by atoms with E-state index in [0.717, 1.165) is 0 Å². The zero-order valence-electron chi connectivity index (χ0n) is 7.55. The van der Waals surface area contributed by atoms with Crippen LogP contribution in [0.4, 0.5) is 0 Å². The molecule has 1 aromatic carbocycles. The van der Waals surface area contributed by atoms with Gasteiger partial charge in [-0.15, -0.1) is 0 Å². The molecule has 0 fully saturated rings. The van der Waals surface area contributed by atoms with Gasteiger partial charge in [0.15, 0.2) is 6.10 Å². The van der Waals surface area contributed by atoms with Crippen molar-refractivity contribution in [2.45, 2.75) is 19.4 Å². The molecular formula is C10H14O3. The molecule has 3 heteroatoms. The summed E-state index contributed by atoms with van der Waals surface area (Å²) in [6.45, 7) is 1.61. The number of carboxylic acids is 1. The minimum absolute atomic E-state index is 0.273. The standard InChI is InChI=1S/C6H6.C4H8O3/c1-2-4-6-5-3-1;1-2-3(5)4(6)7/h1-6H;3,5H,2H2,1H3,(H,6,7). The van der Waals surface area contributed by atoms with Gasteiger partial charge in [-0.2, -0.15) is 0 Å². The summed E-state index contributed by atoms with van der Waals surface area (Å²) in [7, 11) is 0. The Labute approximate surface area is 77.6 Å². The quantitative estimate of drug-likeness (QED) is 0.729. The molecule has 2 N–H and O–H groups in total. The third kappa shape index (κ3) is 7.03. The van der Waals surface area contributed by atoms with E-state index in [4.69, 9.17) is 10.2 Å². The van der Waals surface area contributed by atoms with Gasteiger partial charge in [0.25, 0.3) is 0 Å². The number of benzene rings is 1. The normalized spacial score (nSPS) is 10.9. The Morgan fingerprint density at radius 1 is 1.15 bits per heavy atom. The van der Waals surface area contributed by atoms with Crippen LogP contribution in [0.2, 0.25) is 0 Å². The Bertz CT molecular complexity index is 194. The van der Waals surface area contributed by atoms with Crippen molar-refractivity contribution in [1.29, 1.82) is 0 Å². The summed E-state index contributed by atoms with van der Waals surface area (Å²) >= 11 is 0. The van der Waals surface area contributed by atoms with Crippen LogP contribution in [0.15, 0.2) is 36.4 Å². The van der Waals surface area contributed by atoms with Gasteiger partial charge in [0.1, 0.15) is 0 Å². The molecule has 1 unspecified atom stereocenters. The molecule has 0 saturated carbocycles. The lowest BCUT2D eigenvalue weighted by molar-refractivity contribution is -0.146. The van der Waals surface area contributed by atoms with Crippen molar-refractivity contribution in [3.63, 3.8) is 0 Å². The van der Waals surface area contributed by atoms with E-state index in [9.17, 15) is 4.79 Å². The molecule has 0 aliphatic heterocycles. The zero-order chi connectivity index (χ0) is 10.1. The average molecular weight is 182 g/mol. The Kier molecular flexibility index (Phi) is 6.55. The minimum atomic E-state index is -1.18. The van der Waals surface area contributed by atoms with Crippen LogP contribution >= 0.6 is 0 Å². The lowest BCUT2D eigenvalue weighted by Crippen LogP contribution is -2.17. The molecule has 0 spiro atoms. The molecule has 1 atom stereocenters. The summed E-state index contributed by atoms with van der Waals surface area (Å²) in [5.74, 6) is -1.15. The van der Waals surface area contributed by atoms with Gasteiger partial charge < -0.3 is 10.2 Å². The first-order chi connectivity index (χ1) is 6.18. The highest BCUT2D eigenvalue weighted by atomic mass is 16.4. The van der Waals surface area contributed by atoms with E-state index in [0.29, 0.717) is 0 Å². The van der Waals surface area contributed by atoms with Gasteiger partial charge in [-0.25, -0.2) is 4.79 Å². The number of hydrogen-bond acceptors (Lipinski definition) is 2.